The van der Waals surface area contributed by atoms with Crippen LogP contribution in [-0.2, 0) is 6.61 Å². The summed E-state index contributed by atoms with van der Waals surface area (Å²) in [6.45, 7) is 2.72. The first-order chi connectivity index (χ1) is 14.2. The summed E-state index contributed by atoms with van der Waals surface area (Å²) in [6, 6.07) is 21.8. The first kappa shape index (κ1) is 19.2. The van der Waals surface area contributed by atoms with Crippen molar-refractivity contribution in [2.24, 2.45) is 11.0 Å². The fraction of sp³-hybridized carbons (Fsp3) is 0.280. The van der Waals surface area contributed by atoms with E-state index in [9.17, 15) is 4.79 Å². The summed E-state index contributed by atoms with van der Waals surface area (Å²) < 4.78 is 5.91. The fourth-order valence-electron chi connectivity index (χ4n) is 3.58. The first-order valence-corrected chi connectivity index (χ1v) is 10.2. The van der Waals surface area contributed by atoms with Gasteiger partial charge < -0.3 is 4.74 Å². The summed E-state index contributed by atoms with van der Waals surface area (Å²) in [4.78, 5) is 12.3. The maximum Gasteiger partial charge on any atom is 0.271 e. The normalized spacial score (nSPS) is 16.4. The molecule has 0 radical (unpaired) electrons. The summed E-state index contributed by atoms with van der Waals surface area (Å²) in [6.07, 6.45) is 4.26. The Hall–Kier alpha value is -3.14. The van der Waals surface area contributed by atoms with Crippen molar-refractivity contribution >= 4 is 22.4 Å². The molecule has 0 saturated heterocycles. The fourth-order valence-corrected chi connectivity index (χ4v) is 3.58. The second-order valence-electron chi connectivity index (χ2n) is 7.80. The molecule has 148 valence electrons. The Morgan fingerprint density at radius 3 is 2.48 bits per heavy atom. The predicted octanol–water partition coefficient (Wildman–Crippen LogP) is 5.71. The second kappa shape index (κ2) is 8.91. The van der Waals surface area contributed by atoms with Crippen LogP contribution in [0.3, 0.4) is 0 Å². The van der Waals surface area contributed by atoms with Crippen molar-refractivity contribution in [2.75, 3.05) is 0 Å². The Labute approximate surface area is 171 Å². The maximum absolute atomic E-state index is 12.3. The highest BCUT2D eigenvalue weighted by molar-refractivity contribution is 5.95. The van der Waals surface area contributed by atoms with E-state index in [0.29, 0.717) is 12.2 Å². The molecule has 1 aliphatic rings. The van der Waals surface area contributed by atoms with Gasteiger partial charge in [0, 0.05) is 11.3 Å². The molecule has 1 amide bonds. The minimum Gasteiger partial charge on any atom is -0.489 e. The number of ether oxygens (including phenoxy) is 1. The molecule has 4 nitrogen and oxygen atoms in total. The monoisotopic (exact) mass is 386 g/mol. The van der Waals surface area contributed by atoms with Crippen LogP contribution in [0.4, 0.5) is 0 Å². The van der Waals surface area contributed by atoms with Crippen molar-refractivity contribution < 1.29 is 9.53 Å². The van der Waals surface area contributed by atoms with Crippen LogP contribution in [0.1, 0.15) is 48.5 Å². The number of nitrogens with one attached hydrogen (secondary N) is 1. The zero-order chi connectivity index (χ0) is 20.1. The van der Waals surface area contributed by atoms with E-state index >= 15 is 0 Å². The van der Waals surface area contributed by atoms with Gasteiger partial charge in [-0.2, -0.15) is 5.10 Å². The number of benzene rings is 3. The van der Waals surface area contributed by atoms with E-state index in [1.807, 2.05) is 48.5 Å². The van der Waals surface area contributed by atoms with Gasteiger partial charge in [0.2, 0.25) is 0 Å². The maximum atomic E-state index is 12.3. The van der Waals surface area contributed by atoms with Crippen molar-refractivity contribution in [3.8, 4) is 5.75 Å². The number of amides is 1. The van der Waals surface area contributed by atoms with Gasteiger partial charge in [0.1, 0.15) is 12.4 Å². The molecule has 3 aromatic rings. The molecular weight excluding hydrogens is 360 g/mol. The Bertz CT molecular complexity index is 1010. The van der Waals surface area contributed by atoms with Gasteiger partial charge in [0.15, 0.2) is 0 Å². The Kier molecular flexibility index (Phi) is 5.89. The van der Waals surface area contributed by atoms with Crippen LogP contribution in [0.15, 0.2) is 71.8 Å². The average Bonchev–Trinajstić information content (AvgIpc) is 2.77. The zero-order valence-corrected chi connectivity index (χ0v) is 16.7. The van der Waals surface area contributed by atoms with Crippen LogP contribution in [-0.4, -0.2) is 11.6 Å². The second-order valence-corrected chi connectivity index (χ2v) is 7.80. The van der Waals surface area contributed by atoms with Gasteiger partial charge >= 0.3 is 0 Å². The predicted molar refractivity (Wildman–Crippen MR) is 117 cm³/mol. The van der Waals surface area contributed by atoms with Crippen LogP contribution in [0.25, 0.3) is 10.8 Å². The lowest BCUT2D eigenvalue weighted by Crippen LogP contribution is -2.21. The highest BCUT2D eigenvalue weighted by Crippen LogP contribution is 2.22. The van der Waals surface area contributed by atoms with Crippen molar-refractivity contribution in [1.82, 2.24) is 5.43 Å². The van der Waals surface area contributed by atoms with Crippen LogP contribution >= 0.6 is 0 Å². The van der Waals surface area contributed by atoms with Gasteiger partial charge in [-0.15, -0.1) is 0 Å². The minimum absolute atomic E-state index is 0.168. The molecule has 3 aromatic carbocycles. The molecule has 1 saturated carbocycles. The molecule has 0 spiro atoms. The lowest BCUT2D eigenvalue weighted by atomic mass is 9.90. The summed E-state index contributed by atoms with van der Waals surface area (Å²) in [5, 5.41) is 6.66. The van der Waals surface area contributed by atoms with E-state index in [1.165, 1.54) is 5.39 Å². The third-order valence-electron chi connectivity index (χ3n) is 5.51. The smallest absolute Gasteiger partial charge is 0.271 e. The molecule has 4 rings (SSSR count). The molecule has 29 heavy (non-hydrogen) atoms. The standard InChI is InChI=1S/C25H26N2O2/c1-18-6-13-23(14-7-18)26-27-25(28)21-10-8-19(9-11-21)17-29-24-15-12-20-4-2-3-5-22(20)16-24/h2-5,8-12,15-16,18H,6-7,13-14,17H2,1H3,(H,27,28). The van der Waals surface area contributed by atoms with E-state index in [1.54, 1.807) is 0 Å². The van der Waals surface area contributed by atoms with E-state index in [2.05, 4.69) is 35.7 Å². The van der Waals surface area contributed by atoms with Gasteiger partial charge in [-0.05, 0) is 72.2 Å². The highest BCUT2D eigenvalue weighted by atomic mass is 16.5. The van der Waals surface area contributed by atoms with Gasteiger partial charge in [0.25, 0.3) is 5.91 Å². The SMILES string of the molecule is CC1CCC(=NNC(=O)c2ccc(COc3ccc4ccccc4c3)cc2)CC1. The molecule has 1 N–H and O–H groups in total. The van der Waals surface area contributed by atoms with Crippen molar-refractivity contribution in [2.45, 2.75) is 39.2 Å². The van der Waals surface area contributed by atoms with Crippen molar-refractivity contribution in [1.29, 1.82) is 0 Å². The van der Waals surface area contributed by atoms with Gasteiger partial charge in [-0.3, -0.25) is 4.79 Å². The Morgan fingerprint density at radius 2 is 1.72 bits per heavy atom. The number of hydrogen-bond acceptors (Lipinski definition) is 3. The van der Waals surface area contributed by atoms with Crippen molar-refractivity contribution in [3.05, 3.63) is 77.9 Å². The number of nitrogens with zero attached hydrogens (tertiary/aromatic N) is 1. The number of carbonyl (C=O) groups excluding carboxylic acids is 1. The van der Waals surface area contributed by atoms with Gasteiger partial charge in [-0.1, -0.05) is 49.4 Å². The third-order valence-corrected chi connectivity index (χ3v) is 5.51. The van der Waals surface area contributed by atoms with Crippen LogP contribution < -0.4 is 10.2 Å². The number of fused-ring (bicyclic) bond motifs is 1. The zero-order valence-electron chi connectivity index (χ0n) is 16.7. The van der Waals surface area contributed by atoms with Crippen molar-refractivity contribution in [3.63, 3.8) is 0 Å². The molecular formula is C25H26N2O2. The topological polar surface area (TPSA) is 50.7 Å². The molecule has 0 unspecified atom stereocenters. The number of carbonyl (C=O) groups is 1. The van der Waals surface area contributed by atoms with E-state index in [0.717, 1.165) is 54.0 Å². The van der Waals surface area contributed by atoms with E-state index < -0.39 is 0 Å². The minimum atomic E-state index is -0.168. The highest BCUT2D eigenvalue weighted by Gasteiger charge is 2.14. The van der Waals surface area contributed by atoms with E-state index in [4.69, 9.17) is 4.74 Å². The van der Waals surface area contributed by atoms with E-state index in [-0.39, 0.29) is 5.91 Å². The summed E-state index contributed by atoms with van der Waals surface area (Å²) >= 11 is 0. The number of hydrogen-bond donors (Lipinski definition) is 1. The lowest BCUT2D eigenvalue weighted by molar-refractivity contribution is 0.0954. The lowest BCUT2D eigenvalue weighted by Gasteiger charge is -2.18. The summed E-state index contributed by atoms with van der Waals surface area (Å²) in [7, 11) is 0. The molecule has 0 bridgehead atoms. The molecule has 4 heteroatoms. The third kappa shape index (κ3) is 5.02. The number of rotatable bonds is 5. The molecule has 0 atom stereocenters. The molecule has 0 aromatic heterocycles. The average molecular weight is 386 g/mol. The molecule has 1 fully saturated rings. The van der Waals surface area contributed by atoms with Crippen LogP contribution in [0, 0.1) is 5.92 Å². The quantitative estimate of drug-likeness (QED) is 0.571. The summed E-state index contributed by atoms with van der Waals surface area (Å²) in [5.74, 6) is 1.43. The molecule has 0 heterocycles. The molecule has 1 aliphatic carbocycles. The summed E-state index contributed by atoms with van der Waals surface area (Å²) in [5.41, 5.74) is 5.41. The number of hydrazone groups is 1. The van der Waals surface area contributed by atoms with Crippen LogP contribution in [0.2, 0.25) is 0 Å². The Balaban J connectivity index is 1.32. The molecule has 0 aliphatic heterocycles. The Morgan fingerprint density at radius 1 is 1.00 bits per heavy atom. The van der Waals surface area contributed by atoms with Crippen LogP contribution in [0.5, 0.6) is 5.75 Å². The largest absolute Gasteiger partial charge is 0.489 e. The van der Waals surface area contributed by atoms with Gasteiger partial charge in [-0.25, -0.2) is 5.43 Å². The first-order valence-electron chi connectivity index (χ1n) is 10.2. The van der Waals surface area contributed by atoms with Gasteiger partial charge in [0.05, 0.1) is 0 Å².